The topological polar surface area (TPSA) is 50.7 Å². The van der Waals surface area contributed by atoms with Crippen molar-refractivity contribution in [3.05, 3.63) is 24.3 Å². The van der Waals surface area contributed by atoms with Crippen LogP contribution < -0.4 is 9.80 Å². The average molecular weight is 340 g/mol. The SMILES string of the molecule is c1ccc2nc(N3CCOC4(CCOC4)C3)c(N3CCCC3)nc2c1. The minimum absolute atomic E-state index is 0.173. The third-order valence-corrected chi connectivity index (χ3v) is 5.56. The minimum atomic E-state index is -0.173. The van der Waals surface area contributed by atoms with Crippen LogP contribution >= 0.6 is 0 Å². The third kappa shape index (κ3) is 2.73. The molecule has 25 heavy (non-hydrogen) atoms. The number of benzene rings is 1. The Morgan fingerprint density at radius 2 is 1.60 bits per heavy atom. The third-order valence-electron chi connectivity index (χ3n) is 5.56. The number of morpholine rings is 1. The monoisotopic (exact) mass is 340 g/mol. The van der Waals surface area contributed by atoms with Crippen LogP contribution in [0.3, 0.4) is 0 Å². The summed E-state index contributed by atoms with van der Waals surface area (Å²) >= 11 is 0. The average Bonchev–Trinajstić information content (AvgIpc) is 3.33. The van der Waals surface area contributed by atoms with Crippen molar-refractivity contribution < 1.29 is 9.47 Å². The fraction of sp³-hybridized carbons (Fsp3) is 0.579. The van der Waals surface area contributed by atoms with E-state index in [1.807, 2.05) is 12.1 Å². The van der Waals surface area contributed by atoms with Gasteiger partial charge in [0.15, 0.2) is 11.6 Å². The fourth-order valence-corrected chi connectivity index (χ4v) is 4.19. The number of hydrogen-bond donors (Lipinski definition) is 0. The molecule has 2 aromatic rings. The van der Waals surface area contributed by atoms with E-state index >= 15 is 0 Å². The van der Waals surface area contributed by atoms with Crippen LogP contribution in [-0.2, 0) is 9.47 Å². The summed E-state index contributed by atoms with van der Waals surface area (Å²) in [7, 11) is 0. The lowest BCUT2D eigenvalue weighted by atomic mass is 10.0. The Morgan fingerprint density at radius 1 is 0.880 bits per heavy atom. The largest absolute Gasteiger partial charge is 0.378 e. The second-order valence-corrected chi connectivity index (χ2v) is 7.31. The van der Waals surface area contributed by atoms with Crippen molar-refractivity contribution in [3.8, 4) is 0 Å². The Morgan fingerprint density at radius 3 is 2.28 bits per heavy atom. The highest BCUT2D eigenvalue weighted by atomic mass is 16.6. The maximum Gasteiger partial charge on any atom is 0.172 e. The zero-order valence-corrected chi connectivity index (χ0v) is 14.5. The van der Waals surface area contributed by atoms with Crippen LogP contribution in [0.25, 0.3) is 11.0 Å². The molecule has 3 fully saturated rings. The Bertz CT molecular complexity index is 769. The Kier molecular flexibility index (Phi) is 3.75. The molecule has 3 aliphatic rings. The molecular formula is C19H24N4O2. The maximum absolute atomic E-state index is 6.10. The summed E-state index contributed by atoms with van der Waals surface area (Å²) < 4.78 is 11.7. The minimum Gasteiger partial charge on any atom is -0.378 e. The van der Waals surface area contributed by atoms with Crippen LogP contribution in [0, 0.1) is 0 Å². The molecule has 132 valence electrons. The van der Waals surface area contributed by atoms with Gasteiger partial charge in [-0.1, -0.05) is 12.1 Å². The van der Waals surface area contributed by atoms with Crippen molar-refractivity contribution in [2.75, 3.05) is 55.8 Å². The summed E-state index contributed by atoms with van der Waals surface area (Å²) in [6.45, 7) is 6.02. The van der Waals surface area contributed by atoms with Crippen molar-refractivity contribution in [2.24, 2.45) is 0 Å². The van der Waals surface area contributed by atoms with E-state index in [2.05, 4.69) is 21.9 Å². The summed E-state index contributed by atoms with van der Waals surface area (Å²) in [6, 6.07) is 8.16. The summed E-state index contributed by atoms with van der Waals surface area (Å²) in [4.78, 5) is 14.8. The van der Waals surface area contributed by atoms with Crippen molar-refractivity contribution in [1.82, 2.24) is 9.97 Å². The molecule has 0 amide bonds. The molecule has 1 aromatic heterocycles. The lowest BCUT2D eigenvalue weighted by Gasteiger charge is -2.41. The summed E-state index contributed by atoms with van der Waals surface area (Å²) in [6.07, 6.45) is 3.42. The van der Waals surface area contributed by atoms with E-state index in [-0.39, 0.29) is 5.60 Å². The molecule has 4 heterocycles. The van der Waals surface area contributed by atoms with Crippen molar-refractivity contribution in [1.29, 1.82) is 0 Å². The molecule has 3 aliphatic heterocycles. The molecule has 0 radical (unpaired) electrons. The lowest BCUT2D eigenvalue weighted by molar-refractivity contribution is -0.0580. The first-order valence-corrected chi connectivity index (χ1v) is 9.31. The molecular weight excluding hydrogens is 316 g/mol. The van der Waals surface area contributed by atoms with Gasteiger partial charge in [0.25, 0.3) is 0 Å². The molecule has 6 nitrogen and oxygen atoms in total. The van der Waals surface area contributed by atoms with Gasteiger partial charge in [-0.05, 0) is 25.0 Å². The van der Waals surface area contributed by atoms with Gasteiger partial charge >= 0.3 is 0 Å². The van der Waals surface area contributed by atoms with Crippen LogP contribution in [0.2, 0.25) is 0 Å². The number of fused-ring (bicyclic) bond motifs is 1. The van der Waals surface area contributed by atoms with Crippen LogP contribution in [0.1, 0.15) is 19.3 Å². The first-order chi connectivity index (χ1) is 12.3. The maximum atomic E-state index is 6.10. The summed E-state index contributed by atoms with van der Waals surface area (Å²) in [5.41, 5.74) is 1.76. The number of ether oxygens (including phenoxy) is 2. The van der Waals surface area contributed by atoms with E-state index in [0.717, 1.165) is 68.5 Å². The van der Waals surface area contributed by atoms with Crippen molar-refractivity contribution in [2.45, 2.75) is 24.9 Å². The molecule has 3 saturated heterocycles. The van der Waals surface area contributed by atoms with Gasteiger partial charge in [-0.2, -0.15) is 0 Å². The summed E-state index contributed by atoms with van der Waals surface area (Å²) in [5.74, 6) is 2.04. The van der Waals surface area contributed by atoms with Gasteiger partial charge in [0.05, 0.1) is 30.8 Å². The molecule has 1 unspecified atom stereocenters. The Balaban J connectivity index is 1.57. The quantitative estimate of drug-likeness (QED) is 0.836. The molecule has 1 aromatic carbocycles. The zero-order valence-electron chi connectivity index (χ0n) is 14.5. The lowest BCUT2D eigenvalue weighted by Crippen LogP contribution is -2.53. The Labute approximate surface area is 147 Å². The van der Waals surface area contributed by atoms with E-state index < -0.39 is 0 Å². The second-order valence-electron chi connectivity index (χ2n) is 7.31. The zero-order chi connectivity index (χ0) is 16.7. The van der Waals surface area contributed by atoms with E-state index in [4.69, 9.17) is 19.4 Å². The van der Waals surface area contributed by atoms with E-state index in [0.29, 0.717) is 6.61 Å². The van der Waals surface area contributed by atoms with Crippen molar-refractivity contribution >= 4 is 22.7 Å². The van der Waals surface area contributed by atoms with Gasteiger partial charge in [0.2, 0.25) is 0 Å². The number of nitrogens with zero attached hydrogens (tertiary/aromatic N) is 4. The fourth-order valence-electron chi connectivity index (χ4n) is 4.19. The van der Waals surface area contributed by atoms with Gasteiger partial charge in [-0.25, -0.2) is 9.97 Å². The normalized spacial score (nSPS) is 26.9. The van der Waals surface area contributed by atoms with Gasteiger partial charge in [0, 0.05) is 32.7 Å². The van der Waals surface area contributed by atoms with Gasteiger partial charge in [-0.15, -0.1) is 0 Å². The molecule has 0 bridgehead atoms. The highest BCUT2D eigenvalue weighted by Gasteiger charge is 2.41. The van der Waals surface area contributed by atoms with Crippen LogP contribution in [0.15, 0.2) is 24.3 Å². The summed E-state index contributed by atoms with van der Waals surface area (Å²) in [5, 5.41) is 0. The Hall–Kier alpha value is -1.92. The van der Waals surface area contributed by atoms with Crippen LogP contribution in [-0.4, -0.2) is 61.6 Å². The van der Waals surface area contributed by atoms with E-state index in [1.54, 1.807) is 0 Å². The standard InChI is InChI=1S/C19H24N4O2/c1-2-6-16-15(5-1)20-17(22-8-3-4-9-22)18(21-16)23-10-12-25-19(13-23)7-11-24-14-19/h1-2,5-6H,3-4,7-14H2. The van der Waals surface area contributed by atoms with E-state index in [1.165, 1.54) is 12.8 Å². The first kappa shape index (κ1) is 15.3. The van der Waals surface area contributed by atoms with E-state index in [9.17, 15) is 0 Å². The molecule has 0 saturated carbocycles. The van der Waals surface area contributed by atoms with Crippen LogP contribution in [0.4, 0.5) is 11.6 Å². The number of rotatable bonds is 2. The van der Waals surface area contributed by atoms with Crippen LogP contribution in [0.5, 0.6) is 0 Å². The van der Waals surface area contributed by atoms with Gasteiger partial charge in [-0.3, -0.25) is 0 Å². The highest BCUT2D eigenvalue weighted by Crippen LogP contribution is 2.35. The molecule has 5 rings (SSSR count). The van der Waals surface area contributed by atoms with Gasteiger partial charge < -0.3 is 19.3 Å². The predicted molar refractivity (Wildman–Crippen MR) is 97.3 cm³/mol. The molecule has 0 aliphatic carbocycles. The molecule has 0 N–H and O–H groups in total. The molecule has 6 heteroatoms. The molecule has 1 spiro atoms. The number of hydrogen-bond acceptors (Lipinski definition) is 6. The molecule has 1 atom stereocenters. The number of aromatic nitrogens is 2. The smallest absolute Gasteiger partial charge is 0.172 e. The second kappa shape index (κ2) is 6.11. The van der Waals surface area contributed by atoms with Crippen molar-refractivity contribution in [3.63, 3.8) is 0 Å². The number of para-hydroxylation sites is 2. The highest BCUT2D eigenvalue weighted by molar-refractivity contribution is 5.81. The van der Waals surface area contributed by atoms with Gasteiger partial charge in [0.1, 0.15) is 5.60 Å². The number of anilines is 2. The first-order valence-electron chi connectivity index (χ1n) is 9.31. The predicted octanol–water partition coefficient (Wildman–Crippen LogP) is 2.23.